The SMILES string of the molecule is COc1ccc(CN(c2ncns2)S(=O)(=O)c2ccc3c(c2)OCC[C@@H]3N2CCC(C(F)(F)F)C[C@H]2c2ccc(F)cc2)c(OC)c1. The van der Waals surface area contributed by atoms with Gasteiger partial charge in [0.2, 0.25) is 5.13 Å². The fourth-order valence-corrected chi connectivity index (χ4v) is 8.46. The van der Waals surface area contributed by atoms with Crippen molar-refractivity contribution in [3.05, 3.63) is 89.5 Å². The Bertz CT molecular complexity index is 1810. The van der Waals surface area contributed by atoms with Crippen LogP contribution in [0.25, 0.3) is 0 Å². The van der Waals surface area contributed by atoms with E-state index in [2.05, 4.69) is 9.36 Å². The Morgan fingerprint density at radius 1 is 1.02 bits per heavy atom. The van der Waals surface area contributed by atoms with Crippen molar-refractivity contribution in [3.63, 3.8) is 0 Å². The molecule has 1 fully saturated rings. The zero-order chi connectivity index (χ0) is 33.3. The average Bonchev–Trinajstić information content (AvgIpc) is 3.61. The molecule has 1 saturated heterocycles. The number of rotatable bonds is 9. The molecule has 1 unspecified atom stereocenters. The van der Waals surface area contributed by atoms with Gasteiger partial charge in [0.05, 0.1) is 38.2 Å². The van der Waals surface area contributed by atoms with Gasteiger partial charge in [-0.2, -0.15) is 17.5 Å². The zero-order valence-corrected chi connectivity index (χ0v) is 27.1. The number of benzene rings is 3. The molecule has 2 aliphatic heterocycles. The normalized spacial score (nSPS) is 20.3. The van der Waals surface area contributed by atoms with Crippen molar-refractivity contribution in [3.8, 4) is 17.2 Å². The molecule has 0 bridgehead atoms. The van der Waals surface area contributed by atoms with Gasteiger partial charge >= 0.3 is 6.18 Å². The highest BCUT2D eigenvalue weighted by Gasteiger charge is 2.46. The molecule has 250 valence electrons. The number of sulfonamides is 1. The summed E-state index contributed by atoms with van der Waals surface area (Å²) < 4.78 is 106. The van der Waals surface area contributed by atoms with Gasteiger partial charge < -0.3 is 14.2 Å². The molecule has 0 aliphatic carbocycles. The lowest BCUT2D eigenvalue weighted by Crippen LogP contribution is -2.44. The Morgan fingerprint density at radius 2 is 1.81 bits per heavy atom. The molecule has 47 heavy (non-hydrogen) atoms. The van der Waals surface area contributed by atoms with E-state index in [4.69, 9.17) is 14.2 Å². The van der Waals surface area contributed by atoms with Crippen LogP contribution in [0.15, 0.2) is 71.9 Å². The van der Waals surface area contributed by atoms with Crippen LogP contribution in [0.2, 0.25) is 0 Å². The summed E-state index contributed by atoms with van der Waals surface area (Å²) >= 11 is 0.920. The number of alkyl halides is 3. The van der Waals surface area contributed by atoms with E-state index in [1.807, 2.05) is 4.90 Å². The summed E-state index contributed by atoms with van der Waals surface area (Å²) in [5, 5.41) is 0.147. The van der Waals surface area contributed by atoms with Crippen LogP contribution in [-0.2, 0) is 16.6 Å². The number of piperidine rings is 1. The number of fused-ring (bicyclic) bond motifs is 1. The van der Waals surface area contributed by atoms with Crippen molar-refractivity contribution in [2.75, 3.05) is 31.7 Å². The summed E-state index contributed by atoms with van der Waals surface area (Å²) in [4.78, 5) is 6.13. The van der Waals surface area contributed by atoms with Crippen LogP contribution in [0, 0.1) is 11.7 Å². The topological polar surface area (TPSA) is 94.1 Å². The van der Waals surface area contributed by atoms with Crippen molar-refractivity contribution >= 4 is 26.7 Å². The maximum absolute atomic E-state index is 14.2. The third kappa shape index (κ3) is 6.74. The molecular weight excluding hydrogens is 661 g/mol. The Labute approximate surface area is 273 Å². The van der Waals surface area contributed by atoms with Crippen molar-refractivity contribution in [1.82, 2.24) is 14.3 Å². The average molecular weight is 693 g/mol. The number of hydrogen-bond acceptors (Lipinski definition) is 9. The van der Waals surface area contributed by atoms with E-state index in [9.17, 15) is 26.0 Å². The Morgan fingerprint density at radius 3 is 2.49 bits per heavy atom. The van der Waals surface area contributed by atoms with E-state index >= 15 is 0 Å². The monoisotopic (exact) mass is 692 g/mol. The minimum Gasteiger partial charge on any atom is -0.497 e. The van der Waals surface area contributed by atoms with E-state index in [-0.39, 0.29) is 48.6 Å². The number of likely N-dealkylation sites (tertiary alicyclic amines) is 1. The lowest BCUT2D eigenvalue weighted by molar-refractivity contribution is -0.192. The number of nitrogens with zero attached hydrogens (tertiary/aromatic N) is 4. The predicted octanol–water partition coefficient (Wildman–Crippen LogP) is 6.93. The van der Waals surface area contributed by atoms with Gasteiger partial charge in [0.25, 0.3) is 10.0 Å². The van der Waals surface area contributed by atoms with Crippen LogP contribution in [0.1, 0.15) is 48.0 Å². The van der Waals surface area contributed by atoms with Crippen LogP contribution in [-0.4, -0.2) is 56.2 Å². The summed E-state index contributed by atoms with van der Waals surface area (Å²) in [5.41, 5.74) is 1.83. The van der Waals surface area contributed by atoms with Crippen molar-refractivity contribution in [2.24, 2.45) is 5.92 Å². The highest BCUT2D eigenvalue weighted by atomic mass is 32.2. The number of ether oxygens (including phenoxy) is 3. The minimum atomic E-state index is -4.35. The summed E-state index contributed by atoms with van der Waals surface area (Å²) in [6, 6.07) is 14.3. The van der Waals surface area contributed by atoms with Gasteiger partial charge in [-0.1, -0.05) is 18.2 Å². The third-order valence-electron chi connectivity index (χ3n) is 8.71. The molecule has 9 nitrogen and oxygen atoms in total. The molecular formula is C32H32F4N4O5S2. The first-order valence-electron chi connectivity index (χ1n) is 14.8. The van der Waals surface area contributed by atoms with E-state index in [0.29, 0.717) is 40.4 Å². The molecule has 0 N–H and O–H groups in total. The summed E-state index contributed by atoms with van der Waals surface area (Å²) in [6.45, 7) is 0.281. The van der Waals surface area contributed by atoms with Gasteiger partial charge in [-0.3, -0.25) is 4.90 Å². The lowest BCUT2D eigenvalue weighted by Gasteiger charge is -2.46. The van der Waals surface area contributed by atoms with Crippen molar-refractivity contribution in [2.45, 2.75) is 49.0 Å². The first-order valence-corrected chi connectivity index (χ1v) is 17.1. The smallest absolute Gasteiger partial charge is 0.391 e. The first-order chi connectivity index (χ1) is 22.5. The molecule has 0 amide bonds. The Kier molecular flexibility index (Phi) is 9.31. The second kappa shape index (κ2) is 13.3. The van der Waals surface area contributed by atoms with Gasteiger partial charge in [-0.25, -0.2) is 22.1 Å². The van der Waals surface area contributed by atoms with Crippen molar-refractivity contribution in [1.29, 1.82) is 0 Å². The molecule has 0 radical (unpaired) electrons. The molecule has 2 aliphatic rings. The van der Waals surface area contributed by atoms with Crippen molar-refractivity contribution < 1.29 is 40.2 Å². The Balaban J connectivity index is 1.34. The summed E-state index contributed by atoms with van der Waals surface area (Å²) in [5.74, 6) is -0.660. The second-order valence-electron chi connectivity index (χ2n) is 11.3. The van der Waals surface area contributed by atoms with E-state index in [1.54, 1.807) is 24.3 Å². The van der Waals surface area contributed by atoms with E-state index in [1.165, 1.54) is 56.9 Å². The number of methoxy groups -OCH3 is 2. The number of anilines is 1. The van der Waals surface area contributed by atoms with Gasteiger partial charge in [0, 0.05) is 53.3 Å². The van der Waals surface area contributed by atoms with Crippen LogP contribution < -0.4 is 18.5 Å². The number of hydrogen-bond donors (Lipinski definition) is 0. The minimum absolute atomic E-state index is 0.0505. The maximum Gasteiger partial charge on any atom is 0.391 e. The number of aromatic nitrogens is 2. The maximum atomic E-state index is 14.2. The second-order valence-corrected chi connectivity index (χ2v) is 14.0. The molecule has 3 aromatic carbocycles. The molecule has 0 saturated carbocycles. The van der Waals surface area contributed by atoms with Crippen LogP contribution in [0.3, 0.4) is 0 Å². The van der Waals surface area contributed by atoms with Crippen LogP contribution in [0.5, 0.6) is 17.2 Å². The van der Waals surface area contributed by atoms with Gasteiger partial charge in [0.15, 0.2) is 0 Å². The molecule has 0 spiro atoms. The quantitative estimate of drug-likeness (QED) is 0.175. The predicted molar refractivity (Wildman–Crippen MR) is 167 cm³/mol. The van der Waals surface area contributed by atoms with E-state index in [0.717, 1.165) is 15.8 Å². The number of halogens is 4. The van der Waals surface area contributed by atoms with Crippen LogP contribution in [0.4, 0.5) is 22.7 Å². The molecule has 15 heteroatoms. The third-order valence-corrected chi connectivity index (χ3v) is 11.3. The lowest BCUT2D eigenvalue weighted by atomic mass is 9.84. The summed E-state index contributed by atoms with van der Waals surface area (Å²) in [6.07, 6.45) is -2.84. The highest BCUT2D eigenvalue weighted by molar-refractivity contribution is 7.93. The molecule has 3 heterocycles. The van der Waals surface area contributed by atoms with Gasteiger partial charge in [-0.05, 0) is 55.3 Å². The first kappa shape index (κ1) is 33.0. The fourth-order valence-electron chi connectivity index (χ4n) is 6.32. The molecule has 3 atom stereocenters. The molecule has 1 aromatic heterocycles. The van der Waals surface area contributed by atoms with Crippen LogP contribution >= 0.6 is 11.5 Å². The Hall–Kier alpha value is -3.95. The molecule has 4 aromatic rings. The highest BCUT2D eigenvalue weighted by Crippen LogP contribution is 2.48. The van der Waals surface area contributed by atoms with Gasteiger partial charge in [0.1, 0.15) is 29.4 Å². The standard InChI is InChI=1S/C32H32F4N4O5S2/c1-43-24-8-5-21(29(16-24)44-2)18-40(31-37-19-38-46-31)47(41,42)25-9-10-26-27(12-14-45-30(26)17-25)39-13-11-22(32(34,35)36)15-28(39)20-3-6-23(33)7-4-20/h3-10,16-17,19,22,27-28H,11-15,18H2,1-2H3/t22?,27-,28-/m0/s1. The molecule has 6 rings (SSSR count). The fraction of sp³-hybridized carbons (Fsp3) is 0.375. The van der Waals surface area contributed by atoms with E-state index < -0.39 is 34.0 Å². The largest absolute Gasteiger partial charge is 0.497 e. The zero-order valence-electron chi connectivity index (χ0n) is 25.5. The summed E-state index contributed by atoms with van der Waals surface area (Å²) in [7, 11) is -1.23. The van der Waals surface area contributed by atoms with Gasteiger partial charge in [-0.15, -0.1) is 0 Å².